The van der Waals surface area contributed by atoms with Crippen LogP contribution in [0, 0.1) is 5.82 Å². The predicted molar refractivity (Wildman–Crippen MR) is 69.4 cm³/mol. The highest BCUT2D eigenvalue weighted by atomic mass is 32.2. The minimum absolute atomic E-state index is 0.142. The fourth-order valence-electron chi connectivity index (χ4n) is 1.77. The summed E-state index contributed by atoms with van der Waals surface area (Å²) in [6.45, 7) is 0.142. The molecule has 0 fully saturated rings. The molecule has 0 aliphatic rings. The molecule has 19 heavy (non-hydrogen) atoms. The van der Waals surface area contributed by atoms with Crippen LogP contribution < -0.4 is 5.73 Å². The van der Waals surface area contributed by atoms with Gasteiger partial charge in [0.15, 0.2) is 9.84 Å². The number of hydrogen-bond acceptors (Lipinski definition) is 4. The molecule has 2 N–H and O–H groups in total. The molecule has 0 aliphatic carbocycles. The van der Waals surface area contributed by atoms with Crippen molar-refractivity contribution >= 4 is 9.84 Å². The number of pyridine rings is 1. The van der Waals surface area contributed by atoms with Crippen LogP contribution in [-0.2, 0) is 22.1 Å². The van der Waals surface area contributed by atoms with E-state index in [9.17, 15) is 12.8 Å². The summed E-state index contributed by atoms with van der Waals surface area (Å²) in [6.07, 6.45) is 1.54. The van der Waals surface area contributed by atoms with Gasteiger partial charge in [-0.05, 0) is 23.8 Å². The Bertz CT molecular complexity index is 687. The third kappa shape index (κ3) is 2.97. The Labute approximate surface area is 111 Å². The zero-order chi connectivity index (χ0) is 13.9. The zero-order valence-corrected chi connectivity index (χ0v) is 10.9. The molecule has 0 saturated heterocycles. The lowest BCUT2D eigenvalue weighted by Gasteiger charge is -2.08. The van der Waals surface area contributed by atoms with Gasteiger partial charge in [-0.1, -0.05) is 18.2 Å². The lowest BCUT2D eigenvalue weighted by Crippen LogP contribution is -2.11. The van der Waals surface area contributed by atoms with E-state index in [0.717, 1.165) is 6.07 Å². The largest absolute Gasteiger partial charge is 0.325 e. The van der Waals surface area contributed by atoms with E-state index in [1.807, 2.05) is 0 Å². The number of benzene rings is 1. The van der Waals surface area contributed by atoms with Crippen molar-refractivity contribution in [3.05, 3.63) is 59.7 Å². The van der Waals surface area contributed by atoms with E-state index in [1.165, 1.54) is 18.2 Å². The monoisotopic (exact) mass is 280 g/mol. The first kappa shape index (κ1) is 13.6. The molecule has 0 spiro atoms. The van der Waals surface area contributed by atoms with Crippen molar-refractivity contribution in [3.8, 4) is 0 Å². The smallest absolute Gasteiger partial charge is 0.185 e. The summed E-state index contributed by atoms with van der Waals surface area (Å²) in [5.74, 6) is -1.06. The summed E-state index contributed by atoms with van der Waals surface area (Å²) >= 11 is 0. The lowest BCUT2D eigenvalue weighted by molar-refractivity contribution is 0.566. The van der Waals surface area contributed by atoms with Gasteiger partial charge < -0.3 is 5.73 Å². The molecule has 1 heterocycles. The summed E-state index contributed by atoms with van der Waals surface area (Å²) in [5.41, 5.74) is 6.50. The average molecular weight is 280 g/mol. The van der Waals surface area contributed by atoms with E-state index < -0.39 is 15.7 Å². The van der Waals surface area contributed by atoms with Gasteiger partial charge in [-0.3, -0.25) is 4.98 Å². The van der Waals surface area contributed by atoms with Gasteiger partial charge in [0.05, 0.1) is 11.4 Å². The number of nitrogens with two attached hydrogens (primary N) is 1. The van der Waals surface area contributed by atoms with E-state index in [2.05, 4.69) is 4.98 Å². The highest BCUT2D eigenvalue weighted by Gasteiger charge is 2.20. The third-order valence-electron chi connectivity index (χ3n) is 2.70. The summed E-state index contributed by atoms with van der Waals surface area (Å²) in [5, 5.41) is 0. The van der Waals surface area contributed by atoms with E-state index in [0.29, 0.717) is 11.3 Å². The highest BCUT2D eigenvalue weighted by Crippen LogP contribution is 2.20. The molecule has 6 heteroatoms. The van der Waals surface area contributed by atoms with Crippen LogP contribution in [0.5, 0.6) is 0 Å². The zero-order valence-electron chi connectivity index (χ0n) is 10.1. The molecule has 0 radical (unpaired) electrons. The molecule has 0 bridgehead atoms. The summed E-state index contributed by atoms with van der Waals surface area (Å²) in [7, 11) is -3.75. The molecule has 2 rings (SSSR count). The van der Waals surface area contributed by atoms with Gasteiger partial charge in [-0.2, -0.15) is 0 Å². The minimum atomic E-state index is -3.75. The van der Waals surface area contributed by atoms with Crippen molar-refractivity contribution in [1.82, 2.24) is 4.98 Å². The SMILES string of the molecule is NCc1ncccc1CS(=O)(=O)c1ccccc1F. The maximum Gasteiger partial charge on any atom is 0.185 e. The van der Waals surface area contributed by atoms with E-state index in [1.54, 1.807) is 18.3 Å². The van der Waals surface area contributed by atoms with Crippen LogP contribution in [0.15, 0.2) is 47.5 Å². The van der Waals surface area contributed by atoms with Crippen LogP contribution >= 0.6 is 0 Å². The minimum Gasteiger partial charge on any atom is -0.325 e. The first-order chi connectivity index (χ1) is 9.04. The fraction of sp³-hybridized carbons (Fsp3) is 0.154. The maximum absolute atomic E-state index is 13.6. The first-order valence-electron chi connectivity index (χ1n) is 5.64. The number of nitrogens with zero attached hydrogens (tertiary/aromatic N) is 1. The standard InChI is InChI=1S/C13H13FN2O2S/c14-11-5-1-2-6-13(11)19(17,18)9-10-4-3-7-16-12(10)8-15/h1-7H,8-9,15H2. The van der Waals surface area contributed by atoms with Gasteiger partial charge in [0.2, 0.25) is 0 Å². The van der Waals surface area contributed by atoms with E-state index in [4.69, 9.17) is 5.73 Å². The van der Waals surface area contributed by atoms with Gasteiger partial charge in [0.1, 0.15) is 10.7 Å². The Balaban J connectivity index is 2.40. The quantitative estimate of drug-likeness (QED) is 0.924. The maximum atomic E-state index is 13.6. The molecule has 1 aromatic carbocycles. The van der Waals surface area contributed by atoms with Crippen molar-refractivity contribution in [2.45, 2.75) is 17.2 Å². The van der Waals surface area contributed by atoms with Crippen LogP contribution in [-0.4, -0.2) is 13.4 Å². The molecular formula is C13H13FN2O2S. The number of halogens is 1. The van der Waals surface area contributed by atoms with Gasteiger partial charge in [0, 0.05) is 12.7 Å². The van der Waals surface area contributed by atoms with Crippen LogP contribution in [0.3, 0.4) is 0 Å². The molecule has 1 aromatic heterocycles. The molecule has 4 nitrogen and oxygen atoms in total. The van der Waals surface area contributed by atoms with Crippen molar-refractivity contribution in [1.29, 1.82) is 0 Å². The fourth-order valence-corrected chi connectivity index (χ4v) is 3.24. The Hall–Kier alpha value is -1.79. The average Bonchev–Trinajstić information content (AvgIpc) is 2.39. The number of rotatable bonds is 4. The Morgan fingerprint density at radius 3 is 2.58 bits per heavy atom. The Morgan fingerprint density at radius 2 is 1.89 bits per heavy atom. The van der Waals surface area contributed by atoms with Crippen molar-refractivity contribution in [3.63, 3.8) is 0 Å². The van der Waals surface area contributed by atoms with Gasteiger partial charge in [0.25, 0.3) is 0 Å². The topological polar surface area (TPSA) is 73.0 Å². The van der Waals surface area contributed by atoms with E-state index in [-0.39, 0.29) is 17.2 Å². The lowest BCUT2D eigenvalue weighted by atomic mass is 10.2. The second-order valence-corrected chi connectivity index (χ2v) is 5.96. The molecule has 0 amide bonds. The molecular weight excluding hydrogens is 267 g/mol. The normalized spacial score (nSPS) is 11.5. The summed E-state index contributed by atoms with van der Waals surface area (Å²) < 4.78 is 37.9. The van der Waals surface area contributed by atoms with Crippen LogP contribution in [0.2, 0.25) is 0 Å². The number of aromatic nitrogens is 1. The van der Waals surface area contributed by atoms with Gasteiger partial charge >= 0.3 is 0 Å². The molecule has 0 saturated carbocycles. The predicted octanol–water partition coefficient (Wildman–Crippen LogP) is 1.65. The van der Waals surface area contributed by atoms with Crippen molar-refractivity contribution in [2.75, 3.05) is 0 Å². The first-order valence-corrected chi connectivity index (χ1v) is 7.30. The molecule has 0 aliphatic heterocycles. The van der Waals surface area contributed by atoms with Gasteiger partial charge in [-0.25, -0.2) is 12.8 Å². The van der Waals surface area contributed by atoms with Crippen LogP contribution in [0.4, 0.5) is 4.39 Å². The van der Waals surface area contributed by atoms with Crippen LogP contribution in [0.25, 0.3) is 0 Å². The van der Waals surface area contributed by atoms with Gasteiger partial charge in [-0.15, -0.1) is 0 Å². The summed E-state index contributed by atoms with van der Waals surface area (Å²) in [6, 6.07) is 8.58. The molecule has 2 aromatic rings. The van der Waals surface area contributed by atoms with Crippen LogP contribution in [0.1, 0.15) is 11.3 Å². The molecule has 0 atom stereocenters. The van der Waals surface area contributed by atoms with Crippen molar-refractivity contribution in [2.24, 2.45) is 5.73 Å². The second kappa shape index (κ2) is 5.46. The third-order valence-corrected chi connectivity index (χ3v) is 4.39. The van der Waals surface area contributed by atoms with Crippen molar-refractivity contribution < 1.29 is 12.8 Å². The molecule has 100 valence electrons. The van der Waals surface area contributed by atoms with E-state index >= 15 is 0 Å². The number of hydrogen-bond donors (Lipinski definition) is 1. The number of sulfone groups is 1. The Kier molecular flexibility index (Phi) is 3.92. The Morgan fingerprint density at radius 1 is 1.16 bits per heavy atom. The highest BCUT2D eigenvalue weighted by molar-refractivity contribution is 7.90. The second-order valence-electron chi connectivity index (χ2n) is 4.00. The molecule has 0 unspecified atom stereocenters. The summed E-state index contributed by atoms with van der Waals surface area (Å²) in [4.78, 5) is 3.71.